The molecular formula is C18H31N5O2. The maximum absolute atomic E-state index is 12.2. The van der Waals surface area contributed by atoms with E-state index in [-0.39, 0.29) is 17.9 Å². The zero-order valence-electron chi connectivity index (χ0n) is 15.5. The summed E-state index contributed by atoms with van der Waals surface area (Å²) in [4.78, 5) is 16.5. The van der Waals surface area contributed by atoms with Gasteiger partial charge in [-0.05, 0) is 32.1 Å². The van der Waals surface area contributed by atoms with Gasteiger partial charge in [-0.2, -0.15) is 0 Å². The Kier molecular flexibility index (Phi) is 6.06. The van der Waals surface area contributed by atoms with Crippen LogP contribution in [-0.4, -0.2) is 67.9 Å². The van der Waals surface area contributed by atoms with Gasteiger partial charge in [-0.25, -0.2) is 0 Å². The molecule has 3 heterocycles. The fraction of sp³-hybridized carbons (Fsp3) is 0.833. The first-order chi connectivity index (χ1) is 12.1. The molecule has 140 valence electrons. The van der Waals surface area contributed by atoms with Gasteiger partial charge in [0, 0.05) is 45.6 Å². The van der Waals surface area contributed by atoms with Crippen molar-refractivity contribution in [2.24, 2.45) is 7.05 Å². The number of amides is 1. The van der Waals surface area contributed by atoms with Crippen molar-refractivity contribution in [3.63, 3.8) is 0 Å². The van der Waals surface area contributed by atoms with E-state index in [9.17, 15) is 9.90 Å². The lowest BCUT2D eigenvalue weighted by atomic mass is 9.96. The summed E-state index contributed by atoms with van der Waals surface area (Å²) < 4.78 is 2.11. The van der Waals surface area contributed by atoms with Crippen LogP contribution in [0, 0.1) is 0 Å². The van der Waals surface area contributed by atoms with Crippen molar-refractivity contribution in [1.29, 1.82) is 0 Å². The van der Waals surface area contributed by atoms with Crippen LogP contribution in [0.5, 0.6) is 0 Å². The first-order valence-electron chi connectivity index (χ1n) is 9.64. The molecule has 2 aliphatic heterocycles. The van der Waals surface area contributed by atoms with Gasteiger partial charge in [0.15, 0.2) is 0 Å². The average Bonchev–Trinajstić information content (AvgIpc) is 2.98. The van der Waals surface area contributed by atoms with Crippen LogP contribution in [0.3, 0.4) is 0 Å². The van der Waals surface area contributed by atoms with E-state index in [2.05, 4.69) is 19.7 Å². The van der Waals surface area contributed by atoms with Crippen molar-refractivity contribution in [2.75, 3.05) is 26.2 Å². The van der Waals surface area contributed by atoms with Crippen LogP contribution < -0.4 is 0 Å². The summed E-state index contributed by atoms with van der Waals surface area (Å²) in [7, 11) is 2.04. The molecular weight excluding hydrogens is 318 g/mol. The van der Waals surface area contributed by atoms with Gasteiger partial charge in [0.05, 0.1) is 12.6 Å². The summed E-state index contributed by atoms with van der Waals surface area (Å²) in [5.41, 5.74) is 0. The van der Waals surface area contributed by atoms with Gasteiger partial charge in [0.25, 0.3) is 0 Å². The Hall–Kier alpha value is -1.47. The highest BCUT2D eigenvalue weighted by molar-refractivity contribution is 5.76. The molecule has 7 nitrogen and oxygen atoms in total. The van der Waals surface area contributed by atoms with E-state index in [1.807, 2.05) is 18.9 Å². The smallest absolute Gasteiger partial charge is 0.222 e. The van der Waals surface area contributed by atoms with Crippen LogP contribution in [0.25, 0.3) is 0 Å². The molecule has 0 aromatic carbocycles. The van der Waals surface area contributed by atoms with Gasteiger partial charge >= 0.3 is 0 Å². The highest BCUT2D eigenvalue weighted by atomic mass is 16.3. The molecule has 0 aliphatic carbocycles. The number of hydrogen-bond donors (Lipinski definition) is 1. The molecule has 1 aromatic rings. The Morgan fingerprint density at radius 2 is 1.96 bits per heavy atom. The van der Waals surface area contributed by atoms with Crippen LogP contribution in [-0.2, 0) is 18.4 Å². The van der Waals surface area contributed by atoms with E-state index < -0.39 is 0 Å². The number of aliphatic hydroxyl groups is 1. The van der Waals surface area contributed by atoms with Crippen molar-refractivity contribution in [1.82, 2.24) is 24.6 Å². The number of likely N-dealkylation sites (tertiary alicyclic amines) is 2. The Bertz CT molecular complexity index is 580. The minimum Gasteiger partial charge on any atom is -0.393 e. The highest BCUT2D eigenvalue weighted by Gasteiger charge is 2.28. The van der Waals surface area contributed by atoms with Gasteiger partial charge in [0.1, 0.15) is 11.6 Å². The molecule has 7 heteroatoms. The van der Waals surface area contributed by atoms with Crippen molar-refractivity contribution in [2.45, 2.75) is 64.0 Å². The van der Waals surface area contributed by atoms with Crippen LogP contribution >= 0.6 is 0 Å². The quantitative estimate of drug-likeness (QED) is 0.867. The van der Waals surface area contributed by atoms with E-state index in [0.717, 1.165) is 76.5 Å². The number of carbonyl (C=O) groups excluding carboxylic acids is 1. The molecule has 2 saturated heterocycles. The average molecular weight is 349 g/mol. The Balaban J connectivity index is 1.63. The largest absolute Gasteiger partial charge is 0.393 e. The molecule has 0 spiro atoms. The monoisotopic (exact) mass is 349 g/mol. The second kappa shape index (κ2) is 8.27. The van der Waals surface area contributed by atoms with Crippen molar-refractivity contribution in [3.8, 4) is 0 Å². The Morgan fingerprint density at radius 1 is 1.20 bits per heavy atom. The van der Waals surface area contributed by atoms with Gasteiger partial charge in [-0.1, -0.05) is 6.92 Å². The molecule has 25 heavy (non-hydrogen) atoms. The van der Waals surface area contributed by atoms with Crippen LogP contribution in [0.1, 0.15) is 63.0 Å². The maximum Gasteiger partial charge on any atom is 0.222 e. The van der Waals surface area contributed by atoms with Crippen molar-refractivity contribution >= 4 is 5.91 Å². The third-order valence-corrected chi connectivity index (χ3v) is 5.52. The maximum atomic E-state index is 12.2. The predicted molar refractivity (Wildman–Crippen MR) is 95.0 cm³/mol. The van der Waals surface area contributed by atoms with E-state index in [0.29, 0.717) is 6.42 Å². The number of hydrogen-bond acceptors (Lipinski definition) is 5. The predicted octanol–water partition coefficient (Wildman–Crippen LogP) is 1.28. The molecule has 1 aromatic heterocycles. The lowest BCUT2D eigenvalue weighted by molar-refractivity contribution is -0.132. The molecule has 3 rings (SSSR count). The lowest BCUT2D eigenvalue weighted by Crippen LogP contribution is -2.39. The molecule has 0 radical (unpaired) electrons. The number of piperidine rings is 2. The summed E-state index contributed by atoms with van der Waals surface area (Å²) in [5.74, 6) is 2.52. The molecule has 0 saturated carbocycles. The topological polar surface area (TPSA) is 74.5 Å². The van der Waals surface area contributed by atoms with Gasteiger partial charge in [-0.3, -0.25) is 9.69 Å². The molecule has 1 amide bonds. The van der Waals surface area contributed by atoms with Gasteiger partial charge in [0.2, 0.25) is 5.91 Å². The standard InChI is InChI=1S/C18H31N5O2/c1-3-5-17(25)23-9-4-6-14(12-23)18-20-19-16(21(18)2)13-22-10-7-15(24)8-11-22/h14-15,24H,3-13H2,1-2H3. The lowest BCUT2D eigenvalue weighted by Gasteiger charge is -2.32. The normalized spacial score (nSPS) is 23.2. The SMILES string of the molecule is CCCC(=O)N1CCCC(c2nnc(CN3CCC(O)CC3)n2C)C1. The first kappa shape index (κ1) is 18.3. The molecule has 1 atom stereocenters. The highest BCUT2D eigenvalue weighted by Crippen LogP contribution is 2.26. The fourth-order valence-corrected chi connectivity index (χ4v) is 3.93. The molecule has 0 bridgehead atoms. The number of nitrogens with zero attached hydrogens (tertiary/aromatic N) is 5. The van der Waals surface area contributed by atoms with Gasteiger partial charge in [-0.15, -0.1) is 10.2 Å². The zero-order valence-corrected chi connectivity index (χ0v) is 15.5. The molecule has 2 fully saturated rings. The van der Waals surface area contributed by atoms with E-state index in [4.69, 9.17) is 0 Å². The van der Waals surface area contributed by atoms with E-state index >= 15 is 0 Å². The summed E-state index contributed by atoms with van der Waals surface area (Å²) >= 11 is 0. The number of rotatable bonds is 5. The second-order valence-corrected chi connectivity index (χ2v) is 7.47. The summed E-state index contributed by atoms with van der Waals surface area (Å²) in [6.07, 6.45) is 5.16. The van der Waals surface area contributed by atoms with Crippen LogP contribution in [0.15, 0.2) is 0 Å². The number of aromatic nitrogens is 3. The van der Waals surface area contributed by atoms with Crippen molar-refractivity contribution < 1.29 is 9.90 Å². The van der Waals surface area contributed by atoms with Crippen molar-refractivity contribution in [3.05, 3.63) is 11.6 Å². The molecule has 1 unspecified atom stereocenters. The summed E-state index contributed by atoms with van der Waals surface area (Å²) in [6, 6.07) is 0. The summed E-state index contributed by atoms with van der Waals surface area (Å²) in [6.45, 7) is 6.28. The third kappa shape index (κ3) is 4.39. The molecule has 1 N–H and O–H groups in total. The fourth-order valence-electron chi connectivity index (χ4n) is 3.93. The minimum atomic E-state index is -0.153. The minimum absolute atomic E-state index is 0.153. The number of aliphatic hydroxyl groups excluding tert-OH is 1. The van der Waals surface area contributed by atoms with Crippen LogP contribution in [0.2, 0.25) is 0 Å². The molecule has 2 aliphatic rings. The Morgan fingerprint density at radius 3 is 2.68 bits per heavy atom. The first-order valence-corrected chi connectivity index (χ1v) is 9.64. The Labute approximate surface area is 150 Å². The zero-order chi connectivity index (χ0) is 17.8. The second-order valence-electron chi connectivity index (χ2n) is 7.47. The van der Waals surface area contributed by atoms with E-state index in [1.165, 1.54) is 0 Å². The number of carbonyl (C=O) groups is 1. The summed E-state index contributed by atoms with van der Waals surface area (Å²) in [5, 5.41) is 18.5. The van der Waals surface area contributed by atoms with Crippen LogP contribution in [0.4, 0.5) is 0 Å². The van der Waals surface area contributed by atoms with E-state index in [1.54, 1.807) is 0 Å². The van der Waals surface area contributed by atoms with Gasteiger partial charge < -0.3 is 14.6 Å². The third-order valence-electron chi connectivity index (χ3n) is 5.52.